The van der Waals surface area contributed by atoms with Crippen LogP contribution in [0, 0.1) is 0 Å². The van der Waals surface area contributed by atoms with E-state index in [1.165, 1.54) is 0 Å². The van der Waals surface area contributed by atoms with Gasteiger partial charge in [-0.05, 0) is 24.5 Å². The second kappa shape index (κ2) is 5.58. The maximum Gasteiger partial charge on any atom is 0.165 e. The van der Waals surface area contributed by atoms with Crippen LogP contribution in [0.4, 0.5) is 17.3 Å². The van der Waals surface area contributed by atoms with E-state index in [2.05, 4.69) is 10.4 Å². The lowest BCUT2D eigenvalue weighted by Gasteiger charge is -2.11. The van der Waals surface area contributed by atoms with Gasteiger partial charge in [0.25, 0.3) is 0 Å². The maximum absolute atomic E-state index is 5.89. The van der Waals surface area contributed by atoms with Crippen LogP contribution < -0.4 is 22.7 Å². The molecule has 0 unspecified atom stereocenters. The smallest absolute Gasteiger partial charge is 0.165 e. The molecule has 0 aromatic carbocycles. The highest BCUT2D eigenvalue weighted by Crippen LogP contribution is 2.25. The van der Waals surface area contributed by atoms with E-state index in [0.717, 1.165) is 17.6 Å². The topological polar surface area (TPSA) is 103 Å². The lowest BCUT2D eigenvalue weighted by atomic mass is 10.0. The molecule has 0 aliphatic heterocycles. The molecule has 6 heteroatoms. The fourth-order valence-corrected chi connectivity index (χ4v) is 1.60. The highest BCUT2D eigenvalue weighted by molar-refractivity contribution is 6.25. The number of nitrogen functional groups attached to an aromatic ring is 3. The third-order valence-corrected chi connectivity index (χ3v) is 2.64. The fraction of sp³-hybridized carbons (Fsp3) is 0.300. The van der Waals surface area contributed by atoms with Crippen molar-refractivity contribution in [1.29, 1.82) is 0 Å². The van der Waals surface area contributed by atoms with Gasteiger partial charge in [0.2, 0.25) is 0 Å². The Bertz CT molecular complexity index is 402. The summed E-state index contributed by atoms with van der Waals surface area (Å²) in [5.41, 5.74) is 18.0. The number of hydrogen-bond donors (Lipinski definition) is 4. The SMILES string of the molecule is CC/C(=C\Cl)Cc1cc(N)nc(NN)c1N. The monoisotopic (exact) mass is 241 g/mol. The summed E-state index contributed by atoms with van der Waals surface area (Å²) in [6.07, 6.45) is 1.50. The van der Waals surface area contributed by atoms with Crippen LogP contribution >= 0.6 is 11.6 Å². The van der Waals surface area contributed by atoms with E-state index >= 15 is 0 Å². The number of nitrogens with one attached hydrogen (secondary N) is 1. The van der Waals surface area contributed by atoms with Crippen molar-refractivity contribution < 1.29 is 0 Å². The Hall–Kier alpha value is -1.46. The number of hydrazine groups is 1. The van der Waals surface area contributed by atoms with Crippen LogP contribution in [0.2, 0.25) is 0 Å². The number of rotatable bonds is 4. The van der Waals surface area contributed by atoms with Crippen molar-refractivity contribution >= 4 is 28.9 Å². The second-order valence-electron chi connectivity index (χ2n) is 3.41. The molecule has 0 bridgehead atoms. The van der Waals surface area contributed by atoms with Crippen molar-refractivity contribution in [2.24, 2.45) is 5.84 Å². The van der Waals surface area contributed by atoms with Gasteiger partial charge in [0.05, 0.1) is 5.69 Å². The molecule has 0 saturated carbocycles. The first-order chi connectivity index (χ1) is 7.62. The highest BCUT2D eigenvalue weighted by atomic mass is 35.5. The largest absolute Gasteiger partial charge is 0.395 e. The van der Waals surface area contributed by atoms with Crippen LogP contribution in [-0.4, -0.2) is 4.98 Å². The summed E-state index contributed by atoms with van der Waals surface area (Å²) >= 11 is 5.69. The Morgan fingerprint density at radius 3 is 2.75 bits per heavy atom. The molecule has 0 spiro atoms. The number of allylic oxidation sites excluding steroid dienone is 1. The summed E-state index contributed by atoms with van der Waals surface area (Å²) in [4.78, 5) is 3.98. The first-order valence-corrected chi connectivity index (χ1v) is 5.35. The fourth-order valence-electron chi connectivity index (χ4n) is 1.37. The normalized spacial score (nSPS) is 11.6. The standard InChI is InChI=1S/C10H16ClN5/c1-2-6(5-11)3-7-4-8(12)15-10(16-14)9(7)13/h4-5H,2-3,13-14H2,1H3,(H3,12,15,16)/b6-5+. The molecule has 0 radical (unpaired) electrons. The molecule has 1 heterocycles. The van der Waals surface area contributed by atoms with Crippen LogP contribution in [0.25, 0.3) is 0 Å². The van der Waals surface area contributed by atoms with E-state index < -0.39 is 0 Å². The molecular formula is C10H16ClN5. The van der Waals surface area contributed by atoms with Gasteiger partial charge in [0.1, 0.15) is 5.82 Å². The third-order valence-electron chi connectivity index (χ3n) is 2.33. The summed E-state index contributed by atoms with van der Waals surface area (Å²) in [6, 6.07) is 1.73. The minimum Gasteiger partial charge on any atom is -0.395 e. The highest BCUT2D eigenvalue weighted by Gasteiger charge is 2.09. The van der Waals surface area contributed by atoms with Crippen LogP contribution in [-0.2, 0) is 6.42 Å². The first kappa shape index (κ1) is 12.6. The van der Waals surface area contributed by atoms with Crippen molar-refractivity contribution in [2.45, 2.75) is 19.8 Å². The number of nitrogens with zero attached hydrogens (tertiary/aromatic N) is 1. The Morgan fingerprint density at radius 1 is 1.56 bits per heavy atom. The number of halogens is 1. The number of hydrogen-bond acceptors (Lipinski definition) is 5. The van der Waals surface area contributed by atoms with E-state index in [9.17, 15) is 0 Å². The summed E-state index contributed by atoms with van der Waals surface area (Å²) in [6.45, 7) is 2.02. The lowest BCUT2D eigenvalue weighted by Crippen LogP contribution is -2.13. The molecule has 1 aromatic heterocycles. The Morgan fingerprint density at radius 2 is 2.25 bits per heavy atom. The number of aromatic nitrogens is 1. The zero-order valence-electron chi connectivity index (χ0n) is 9.13. The van der Waals surface area contributed by atoms with Gasteiger partial charge in [-0.25, -0.2) is 10.8 Å². The van der Waals surface area contributed by atoms with Crippen LogP contribution in [0.3, 0.4) is 0 Å². The molecule has 5 nitrogen and oxygen atoms in total. The molecular weight excluding hydrogens is 226 g/mol. The zero-order chi connectivity index (χ0) is 12.1. The first-order valence-electron chi connectivity index (χ1n) is 4.92. The van der Waals surface area contributed by atoms with Gasteiger partial charge < -0.3 is 16.9 Å². The van der Waals surface area contributed by atoms with Crippen molar-refractivity contribution in [3.8, 4) is 0 Å². The minimum atomic E-state index is 0.377. The molecule has 0 aliphatic carbocycles. The predicted molar refractivity (Wildman–Crippen MR) is 68.8 cm³/mol. The summed E-state index contributed by atoms with van der Waals surface area (Å²) < 4.78 is 0. The minimum absolute atomic E-state index is 0.377. The molecule has 7 N–H and O–H groups in total. The van der Waals surface area contributed by atoms with Gasteiger partial charge >= 0.3 is 0 Å². The number of nitrogens with two attached hydrogens (primary N) is 3. The molecule has 0 aliphatic rings. The Balaban J connectivity index is 3.08. The molecule has 0 saturated heterocycles. The van der Waals surface area contributed by atoms with E-state index in [1.54, 1.807) is 11.6 Å². The van der Waals surface area contributed by atoms with Crippen molar-refractivity contribution in [2.75, 3.05) is 16.9 Å². The summed E-state index contributed by atoms with van der Waals surface area (Å²) in [7, 11) is 0. The van der Waals surface area contributed by atoms with E-state index in [1.807, 2.05) is 6.92 Å². The molecule has 1 rings (SSSR count). The number of pyridine rings is 1. The van der Waals surface area contributed by atoms with Crippen LogP contribution in [0.5, 0.6) is 0 Å². The van der Waals surface area contributed by atoms with Gasteiger partial charge in [-0.1, -0.05) is 24.1 Å². The van der Waals surface area contributed by atoms with Crippen LogP contribution in [0.15, 0.2) is 17.2 Å². The maximum atomic E-state index is 5.89. The second-order valence-corrected chi connectivity index (χ2v) is 3.63. The molecule has 0 amide bonds. The molecule has 16 heavy (non-hydrogen) atoms. The quantitative estimate of drug-likeness (QED) is 0.474. The van der Waals surface area contributed by atoms with Gasteiger partial charge in [0.15, 0.2) is 5.82 Å². The lowest BCUT2D eigenvalue weighted by molar-refractivity contribution is 1.01. The Kier molecular flexibility index (Phi) is 4.39. The average Bonchev–Trinajstić information content (AvgIpc) is 2.29. The molecule has 0 atom stereocenters. The number of anilines is 3. The van der Waals surface area contributed by atoms with Crippen molar-refractivity contribution in [1.82, 2.24) is 4.98 Å². The van der Waals surface area contributed by atoms with Gasteiger partial charge in [-0.3, -0.25) is 0 Å². The zero-order valence-corrected chi connectivity index (χ0v) is 9.88. The van der Waals surface area contributed by atoms with Crippen LogP contribution in [0.1, 0.15) is 18.9 Å². The van der Waals surface area contributed by atoms with Gasteiger partial charge in [-0.2, -0.15) is 0 Å². The van der Waals surface area contributed by atoms with E-state index in [4.69, 9.17) is 28.9 Å². The van der Waals surface area contributed by atoms with Crippen molar-refractivity contribution in [3.05, 3.63) is 22.7 Å². The molecule has 0 fully saturated rings. The van der Waals surface area contributed by atoms with Crippen molar-refractivity contribution in [3.63, 3.8) is 0 Å². The Labute approximate surface area is 99.6 Å². The van der Waals surface area contributed by atoms with Gasteiger partial charge in [0, 0.05) is 5.54 Å². The van der Waals surface area contributed by atoms with E-state index in [0.29, 0.717) is 23.7 Å². The molecule has 88 valence electrons. The predicted octanol–water partition coefficient (Wildman–Crippen LogP) is 1.61. The third kappa shape index (κ3) is 2.77. The summed E-state index contributed by atoms with van der Waals surface area (Å²) in [5, 5.41) is 0. The van der Waals surface area contributed by atoms with E-state index in [-0.39, 0.29) is 0 Å². The average molecular weight is 242 g/mol. The summed E-state index contributed by atoms with van der Waals surface area (Å²) in [5.74, 6) is 6.06. The molecule has 1 aromatic rings. The van der Waals surface area contributed by atoms with Gasteiger partial charge in [-0.15, -0.1) is 0 Å².